The number of methoxy groups -OCH3 is 1. The van der Waals surface area contributed by atoms with Gasteiger partial charge in [-0.2, -0.15) is 5.10 Å². The zero-order chi connectivity index (χ0) is 17.9. The van der Waals surface area contributed by atoms with E-state index in [0.717, 1.165) is 43.2 Å². The molecule has 0 saturated carbocycles. The summed E-state index contributed by atoms with van der Waals surface area (Å²) in [6.45, 7) is 4.68. The number of benzene rings is 1. The van der Waals surface area contributed by atoms with Crippen LogP contribution in [0.3, 0.4) is 0 Å². The average molecular weight is 352 g/mol. The fourth-order valence-electron chi connectivity index (χ4n) is 3.77. The minimum absolute atomic E-state index is 0.202. The van der Waals surface area contributed by atoms with E-state index >= 15 is 0 Å². The van der Waals surface area contributed by atoms with Gasteiger partial charge in [-0.05, 0) is 25.1 Å². The highest BCUT2D eigenvalue weighted by atomic mass is 16.5. The molecular formula is C20H24N4O2. The topological polar surface area (TPSA) is 56.3 Å². The van der Waals surface area contributed by atoms with Crippen LogP contribution >= 0.6 is 0 Å². The lowest BCUT2D eigenvalue weighted by Gasteiger charge is -2.16. The molecule has 0 N–H and O–H groups in total. The highest BCUT2D eigenvalue weighted by Gasteiger charge is 2.34. The normalized spacial score (nSPS) is 20.7. The standard InChI is InChI=1S/C20H24N4O2/c1-15-10-19(26-22-15)11-16-12-23(14-20(16)25-2)13-18-8-9-21-24(18)17-6-4-3-5-7-17/h3-10,16,20H,11-14H2,1-2H3/t16-,20+/m1/s1. The van der Waals surface area contributed by atoms with Crippen LogP contribution in [-0.4, -0.2) is 46.1 Å². The van der Waals surface area contributed by atoms with Crippen LogP contribution in [0, 0.1) is 12.8 Å². The number of para-hydroxylation sites is 1. The van der Waals surface area contributed by atoms with E-state index in [1.165, 1.54) is 5.69 Å². The fraction of sp³-hybridized carbons (Fsp3) is 0.400. The highest BCUT2D eigenvalue weighted by Crippen LogP contribution is 2.25. The molecule has 0 amide bonds. The van der Waals surface area contributed by atoms with Gasteiger partial charge in [0, 0.05) is 51.3 Å². The second-order valence-corrected chi connectivity index (χ2v) is 6.94. The van der Waals surface area contributed by atoms with Crippen molar-refractivity contribution >= 4 is 0 Å². The summed E-state index contributed by atoms with van der Waals surface area (Å²) in [7, 11) is 1.79. The van der Waals surface area contributed by atoms with Gasteiger partial charge in [-0.1, -0.05) is 23.4 Å². The predicted molar refractivity (Wildman–Crippen MR) is 98.1 cm³/mol. The van der Waals surface area contributed by atoms with E-state index in [-0.39, 0.29) is 6.10 Å². The maximum Gasteiger partial charge on any atom is 0.137 e. The number of nitrogens with zero attached hydrogens (tertiary/aromatic N) is 4. The molecule has 6 nitrogen and oxygen atoms in total. The van der Waals surface area contributed by atoms with Crippen molar-refractivity contribution in [2.45, 2.75) is 26.0 Å². The number of rotatable bonds is 6. The molecule has 3 heterocycles. The number of hydrogen-bond donors (Lipinski definition) is 0. The number of aromatic nitrogens is 3. The first-order chi connectivity index (χ1) is 12.7. The van der Waals surface area contributed by atoms with E-state index in [4.69, 9.17) is 9.26 Å². The third-order valence-electron chi connectivity index (χ3n) is 5.01. The van der Waals surface area contributed by atoms with Gasteiger partial charge in [0.15, 0.2) is 0 Å². The summed E-state index contributed by atoms with van der Waals surface area (Å²) < 4.78 is 13.1. The third-order valence-corrected chi connectivity index (χ3v) is 5.01. The SMILES string of the molecule is CO[C@H]1CN(Cc2ccnn2-c2ccccc2)C[C@H]1Cc1cc(C)no1. The summed E-state index contributed by atoms with van der Waals surface area (Å²) in [6.07, 6.45) is 2.92. The van der Waals surface area contributed by atoms with Crippen LogP contribution in [0.2, 0.25) is 0 Å². The smallest absolute Gasteiger partial charge is 0.137 e. The molecule has 1 aliphatic rings. The molecule has 26 heavy (non-hydrogen) atoms. The number of aryl methyl sites for hydroxylation is 1. The first-order valence-corrected chi connectivity index (χ1v) is 8.98. The van der Waals surface area contributed by atoms with Gasteiger partial charge in [0.25, 0.3) is 0 Å². The van der Waals surface area contributed by atoms with Crippen LogP contribution in [0.5, 0.6) is 0 Å². The predicted octanol–water partition coefficient (Wildman–Crippen LogP) is 2.86. The van der Waals surface area contributed by atoms with Crippen molar-refractivity contribution in [2.75, 3.05) is 20.2 Å². The van der Waals surface area contributed by atoms with Gasteiger partial charge >= 0.3 is 0 Å². The van der Waals surface area contributed by atoms with Crippen molar-refractivity contribution in [3.8, 4) is 5.69 Å². The number of hydrogen-bond acceptors (Lipinski definition) is 5. The zero-order valence-electron chi connectivity index (χ0n) is 15.2. The summed E-state index contributed by atoms with van der Waals surface area (Å²) in [5, 5.41) is 8.49. The largest absolute Gasteiger partial charge is 0.380 e. The van der Waals surface area contributed by atoms with Crippen molar-refractivity contribution in [2.24, 2.45) is 5.92 Å². The summed E-state index contributed by atoms with van der Waals surface area (Å²) in [5.74, 6) is 1.34. The van der Waals surface area contributed by atoms with E-state index in [2.05, 4.69) is 33.4 Å². The molecule has 1 fully saturated rings. The van der Waals surface area contributed by atoms with Crippen LogP contribution < -0.4 is 0 Å². The van der Waals surface area contributed by atoms with Crippen molar-refractivity contribution < 1.29 is 9.26 Å². The van der Waals surface area contributed by atoms with Gasteiger partial charge in [-0.25, -0.2) is 4.68 Å². The van der Waals surface area contributed by atoms with E-state index in [0.29, 0.717) is 5.92 Å². The van der Waals surface area contributed by atoms with Gasteiger partial charge in [-0.3, -0.25) is 4.90 Å². The van der Waals surface area contributed by atoms with Crippen LogP contribution in [-0.2, 0) is 17.7 Å². The van der Waals surface area contributed by atoms with Crippen molar-refractivity contribution in [1.29, 1.82) is 0 Å². The molecule has 0 bridgehead atoms. The first kappa shape index (κ1) is 17.0. The quantitative estimate of drug-likeness (QED) is 0.683. The molecule has 2 aromatic heterocycles. The molecule has 3 aromatic rings. The molecule has 0 aliphatic carbocycles. The summed E-state index contributed by atoms with van der Waals surface area (Å²) in [5.41, 5.74) is 3.20. The Balaban J connectivity index is 1.46. The summed E-state index contributed by atoms with van der Waals surface area (Å²) in [6, 6.07) is 14.3. The molecule has 1 aromatic carbocycles. The van der Waals surface area contributed by atoms with Crippen LogP contribution in [0.25, 0.3) is 5.69 Å². The Hall–Kier alpha value is -2.44. The molecule has 0 unspecified atom stereocenters. The van der Waals surface area contributed by atoms with Gasteiger partial charge in [0.05, 0.1) is 23.2 Å². The second-order valence-electron chi connectivity index (χ2n) is 6.94. The highest BCUT2D eigenvalue weighted by molar-refractivity contribution is 5.32. The van der Waals surface area contributed by atoms with E-state index in [9.17, 15) is 0 Å². The molecule has 4 rings (SSSR count). The second kappa shape index (κ2) is 7.43. The van der Waals surface area contributed by atoms with E-state index in [1.54, 1.807) is 7.11 Å². The van der Waals surface area contributed by atoms with E-state index < -0.39 is 0 Å². The fourth-order valence-corrected chi connectivity index (χ4v) is 3.77. The Kier molecular flexibility index (Phi) is 4.86. The molecule has 0 radical (unpaired) electrons. The van der Waals surface area contributed by atoms with Crippen molar-refractivity contribution in [3.63, 3.8) is 0 Å². The van der Waals surface area contributed by atoms with Crippen molar-refractivity contribution in [1.82, 2.24) is 19.8 Å². The summed E-state index contributed by atoms with van der Waals surface area (Å²) >= 11 is 0. The van der Waals surface area contributed by atoms with Crippen LogP contribution in [0.15, 0.2) is 53.2 Å². The molecule has 6 heteroatoms. The monoisotopic (exact) mass is 352 g/mol. The zero-order valence-corrected chi connectivity index (χ0v) is 15.2. The van der Waals surface area contributed by atoms with E-state index in [1.807, 2.05) is 42.1 Å². The minimum Gasteiger partial charge on any atom is -0.380 e. The lowest BCUT2D eigenvalue weighted by molar-refractivity contribution is 0.0761. The maximum absolute atomic E-state index is 5.74. The Morgan fingerprint density at radius 1 is 1.19 bits per heavy atom. The Morgan fingerprint density at radius 2 is 2.04 bits per heavy atom. The number of ether oxygens (including phenoxy) is 1. The molecule has 0 spiro atoms. The van der Waals surface area contributed by atoms with Gasteiger partial charge in [0.1, 0.15) is 5.76 Å². The van der Waals surface area contributed by atoms with Crippen molar-refractivity contribution in [3.05, 3.63) is 65.8 Å². The lowest BCUT2D eigenvalue weighted by Crippen LogP contribution is -2.24. The molecule has 1 saturated heterocycles. The number of likely N-dealkylation sites (tertiary alicyclic amines) is 1. The Morgan fingerprint density at radius 3 is 2.77 bits per heavy atom. The van der Waals surface area contributed by atoms with Crippen LogP contribution in [0.4, 0.5) is 0 Å². The molecule has 2 atom stereocenters. The molecule has 1 aliphatic heterocycles. The third kappa shape index (κ3) is 3.57. The van der Waals surface area contributed by atoms with Gasteiger partial charge in [0.2, 0.25) is 0 Å². The first-order valence-electron chi connectivity index (χ1n) is 8.98. The van der Waals surface area contributed by atoms with Gasteiger partial charge < -0.3 is 9.26 Å². The van der Waals surface area contributed by atoms with Gasteiger partial charge in [-0.15, -0.1) is 0 Å². The minimum atomic E-state index is 0.202. The Bertz CT molecular complexity index is 842. The summed E-state index contributed by atoms with van der Waals surface area (Å²) in [4.78, 5) is 2.43. The molecular weight excluding hydrogens is 328 g/mol. The Labute approximate surface area is 153 Å². The maximum atomic E-state index is 5.74. The van der Waals surface area contributed by atoms with Crippen LogP contribution in [0.1, 0.15) is 17.1 Å². The molecule has 136 valence electrons. The lowest BCUT2D eigenvalue weighted by atomic mass is 10.0. The average Bonchev–Trinajstić information content (AvgIpc) is 3.37.